The van der Waals surface area contributed by atoms with Crippen molar-refractivity contribution in [3.63, 3.8) is 0 Å². The van der Waals surface area contributed by atoms with Crippen molar-refractivity contribution in [3.8, 4) is 0 Å². The number of sulfonamides is 1. The third-order valence-electron chi connectivity index (χ3n) is 3.39. The molecule has 0 radical (unpaired) electrons. The van der Waals surface area contributed by atoms with Gasteiger partial charge >= 0.3 is 0 Å². The summed E-state index contributed by atoms with van der Waals surface area (Å²) in [7, 11) is -2.25. The molecule has 1 rings (SSSR count). The molecule has 1 unspecified atom stereocenters. The van der Waals surface area contributed by atoms with E-state index < -0.39 is 14.9 Å². The number of nitro benzene ring substituents is 1. The first-order chi connectivity index (χ1) is 9.60. The molecule has 0 fully saturated rings. The van der Waals surface area contributed by atoms with Crippen LogP contribution in [0.4, 0.5) is 11.4 Å². The minimum atomic E-state index is -3.80. The van der Waals surface area contributed by atoms with E-state index in [-0.39, 0.29) is 28.2 Å². The molecule has 0 saturated heterocycles. The van der Waals surface area contributed by atoms with Gasteiger partial charge in [0.2, 0.25) is 10.0 Å². The van der Waals surface area contributed by atoms with E-state index in [0.29, 0.717) is 5.56 Å². The number of rotatable bonds is 6. The van der Waals surface area contributed by atoms with Gasteiger partial charge < -0.3 is 5.32 Å². The van der Waals surface area contributed by atoms with E-state index in [1.807, 2.05) is 13.8 Å². The fourth-order valence-electron chi connectivity index (χ4n) is 1.76. The normalized spacial score (nSPS) is 13.2. The first kappa shape index (κ1) is 17.4. The van der Waals surface area contributed by atoms with Gasteiger partial charge in [-0.1, -0.05) is 13.8 Å². The van der Waals surface area contributed by atoms with Gasteiger partial charge in [0.15, 0.2) is 0 Å². The quantitative estimate of drug-likeness (QED) is 0.619. The third kappa shape index (κ3) is 3.92. The smallest absolute Gasteiger partial charge is 0.293 e. The van der Waals surface area contributed by atoms with Gasteiger partial charge in [0.05, 0.1) is 9.82 Å². The van der Waals surface area contributed by atoms with E-state index in [0.717, 1.165) is 6.07 Å². The number of nitrogens with one attached hydrogen (secondary N) is 2. The summed E-state index contributed by atoms with van der Waals surface area (Å²) in [6.07, 6.45) is 0. The molecule has 1 aromatic carbocycles. The maximum absolute atomic E-state index is 12.4. The SMILES string of the molecule is CNc1cc(C)c(S(=O)(=O)NC(C)C(C)C)cc1[N+](=O)[O-]. The summed E-state index contributed by atoms with van der Waals surface area (Å²) in [5, 5.41) is 13.8. The molecular formula is C13H21N3O4S. The van der Waals surface area contributed by atoms with Crippen LogP contribution in [0.15, 0.2) is 17.0 Å². The predicted octanol–water partition coefficient (Wildman–Crippen LogP) is 2.27. The minimum absolute atomic E-state index is 0.0688. The van der Waals surface area contributed by atoms with E-state index in [2.05, 4.69) is 10.0 Å². The van der Waals surface area contributed by atoms with E-state index in [1.54, 1.807) is 20.9 Å². The van der Waals surface area contributed by atoms with Crippen LogP contribution in [0.2, 0.25) is 0 Å². The molecule has 0 amide bonds. The Kier molecular flexibility index (Phi) is 5.30. The van der Waals surface area contributed by atoms with Crippen molar-refractivity contribution < 1.29 is 13.3 Å². The molecule has 118 valence electrons. The maximum atomic E-state index is 12.4. The van der Waals surface area contributed by atoms with Gasteiger partial charge in [0.1, 0.15) is 5.69 Å². The monoisotopic (exact) mass is 315 g/mol. The molecule has 0 aliphatic heterocycles. The van der Waals surface area contributed by atoms with Crippen LogP contribution in [0.3, 0.4) is 0 Å². The number of aryl methyl sites for hydroxylation is 1. The predicted molar refractivity (Wildman–Crippen MR) is 82.0 cm³/mol. The van der Waals surface area contributed by atoms with Gasteiger partial charge in [-0.3, -0.25) is 10.1 Å². The van der Waals surface area contributed by atoms with Crippen molar-refractivity contribution in [2.75, 3.05) is 12.4 Å². The molecule has 0 aliphatic carbocycles. The Balaban J connectivity index is 3.36. The lowest BCUT2D eigenvalue weighted by Gasteiger charge is -2.18. The van der Waals surface area contributed by atoms with Crippen molar-refractivity contribution in [2.45, 2.75) is 38.6 Å². The second kappa shape index (κ2) is 6.40. The molecule has 8 heteroatoms. The lowest BCUT2D eigenvalue weighted by Crippen LogP contribution is -2.36. The number of hydrogen-bond acceptors (Lipinski definition) is 5. The van der Waals surface area contributed by atoms with Gasteiger partial charge in [-0.05, 0) is 31.4 Å². The van der Waals surface area contributed by atoms with Crippen molar-refractivity contribution >= 4 is 21.4 Å². The van der Waals surface area contributed by atoms with E-state index in [4.69, 9.17) is 0 Å². The van der Waals surface area contributed by atoms with E-state index >= 15 is 0 Å². The average Bonchev–Trinajstić information content (AvgIpc) is 2.36. The molecule has 0 spiro atoms. The van der Waals surface area contributed by atoms with Crippen LogP contribution in [0.1, 0.15) is 26.3 Å². The molecule has 0 bridgehead atoms. The van der Waals surface area contributed by atoms with Crippen molar-refractivity contribution in [1.82, 2.24) is 4.72 Å². The molecule has 2 N–H and O–H groups in total. The van der Waals surface area contributed by atoms with Gasteiger partial charge in [-0.15, -0.1) is 0 Å². The van der Waals surface area contributed by atoms with Gasteiger partial charge in [-0.2, -0.15) is 0 Å². The summed E-state index contributed by atoms with van der Waals surface area (Å²) in [4.78, 5) is 10.4. The Bertz CT molecular complexity index is 641. The lowest BCUT2D eigenvalue weighted by molar-refractivity contribution is -0.384. The van der Waals surface area contributed by atoms with Crippen molar-refractivity contribution in [2.24, 2.45) is 5.92 Å². The summed E-state index contributed by atoms with van der Waals surface area (Å²) in [6, 6.07) is 2.29. The summed E-state index contributed by atoms with van der Waals surface area (Å²) in [6.45, 7) is 7.16. The van der Waals surface area contributed by atoms with Crippen LogP contribution < -0.4 is 10.0 Å². The number of anilines is 1. The molecule has 0 aliphatic rings. The fraction of sp³-hybridized carbons (Fsp3) is 0.538. The Morgan fingerprint density at radius 2 is 1.81 bits per heavy atom. The molecule has 1 aromatic rings. The summed E-state index contributed by atoms with van der Waals surface area (Å²) in [5.74, 6) is 0.117. The standard InChI is InChI=1S/C13H21N3O4S/c1-8(2)10(4)15-21(19,20)13-7-12(16(17)18)11(14-5)6-9(13)3/h6-8,10,14-15H,1-5H3. The van der Waals surface area contributed by atoms with Crippen LogP contribution in [0, 0.1) is 23.0 Å². The zero-order chi connectivity index (χ0) is 16.4. The molecule has 0 saturated carbocycles. The number of hydrogen-bond donors (Lipinski definition) is 2. The topological polar surface area (TPSA) is 101 Å². The molecule has 7 nitrogen and oxygen atoms in total. The molecule has 0 aromatic heterocycles. The Morgan fingerprint density at radius 1 is 1.24 bits per heavy atom. The number of nitro groups is 1. The van der Waals surface area contributed by atoms with Gasteiger partial charge in [0.25, 0.3) is 5.69 Å². The number of nitrogens with zero attached hydrogens (tertiary/aromatic N) is 1. The highest BCUT2D eigenvalue weighted by Gasteiger charge is 2.25. The first-order valence-electron chi connectivity index (χ1n) is 6.59. The number of benzene rings is 1. The van der Waals surface area contributed by atoms with Crippen LogP contribution in [-0.2, 0) is 10.0 Å². The second-order valence-electron chi connectivity index (χ2n) is 5.30. The summed E-state index contributed by atoms with van der Waals surface area (Å²) in [5.41, 5.74) is 0.474. The third-order valence-corrected chi connectivity index (χ3v) is 5.09. The summed E-state index contributed by atoms with van der Waals surface area (Å²) < 4.78 is 27.3. The van der Waals surface area contributed by atoms with Gasteiger partial charge in [0, 0.05) is 19.2 Å². The van der Waals surface area contributed by atoms with Crippen LogP contribution >= 0.6 is 0 Å². The maximum Gasteiger partial charge on any atom is 0.293 e. The fourth-order valence-corrected chi connectivity index (χ4v) is 3.40. The van der Waals surface area contributed by atoms with E-state index in [9.17, 15) is 18.5 Å². The van der Waals surface area contributed by atoms with Gasteiger partial charge in [-0.25, -0.2) is 13.1 Å². The van der Waals surface area contributed by atoms with Crippen LogP contribution in [-0.4, -0.2) is 26.4 Å². The highest BCUT2D eigenvalue weighted by Crippen LogP contribution is 2.30. The lowest BCUT2D eigenvalue weighted by atomic mass is 10.1. The largest absolute Gasteiger partial charge is 0.383 e. The highest BCUT2D eigenvalue weighted by molar-refractivity contribution is 7.89. The van der Waals surface area contributed by atoms with Crippen LogP contribution in [0.25, 0.3) is 0 Å². The second-order valence-corrected chi connectivity index (χ2v) is 6.98. The molecule has 0 heterocycles. The Labute approximate surface area is 124 Å². The highest BCUT2D eigenvalue weighted by atomic mass is 32.2. The Hall–Kier alpha value is -1.67. The average molecular weight is 315 g/mol. The molecular weight excluding hydrogens is 294 g/mol. The van der Waals surface area contributed by atoms with E-state index in [1.165, 1.54) is 6.07 Å². The Morgan fingerprint density at radius 3 is 2.24 bits per heavy atom. The zero-order valence-electron chi connectivity index (χ0n) is 12.8. The molecule has 1 atom stereocenters. The summed E-state index contributed by atoms with van der Waals surface area (Å²) >= 11 is 0. The van der Waals surface area contributed by atoms with Crippen molar-refractivity contribution in [3.05, 3.63) is 27.8 Å². The minimum Gasteiger partial charge on any atom is -0.383 e. The van der Waals surface area contributed by atoms with Crippen LogP contribution in [0.5, 0.6) is 0 Å². The first-order valence-corrected chi connectivity index (χ1v) is 8.07. The zero-order valence-corrected chi connectivity index (χ0v) is 13.6. The molecule has 21 heavy (non-hydrogen) atoms. The van der Waals surface area contributed by atoms with Crippen molar-refractivity contribution in [1.29, 1.82) is 0 Å².